The summed E-state index contributed by atoms with van der Waals surface area (Å²) >= 11 is 0. The zero-order valence-corrected chi connectivity index (χ0v) is 7.40. The van der Waals surface area contributed by atoms with Crippen molar-refractivity contribution in [3.8, 4) is 11.6 Å². The summed E-state index contributed by atoms with van der Waals surface area (Å²) in [5, 5.41) is 8.35. The molecule has 14 heavy (non-hydrogen) atoms. The largest absolute Gasteiger partial charge is 0.497 e. The highest BCUT2D eigenvalue weighted by atomic mass is 19.3. The number of halogens is 1. The molecule has 0 saturated carbocycles. The van der Waals surface area contributed by atoms with E-state index in [4.69, 9.17) is 4.74 Å². The first-order valence-electron chi connectivity index (χ1n) is 3.93. The maximum atomic E-state index is 12.0. The second-order valence-corrected chi connectivity index (χ2v) is 2.68. The minimum atomic E-state index is -0.134. The minimum absolute atomic E-state index is 0.134. The van der Waals surface area contributed by atoms with Gasteiger partial charge < -0.3 is 4.74 Å². The van der Waals surface area contributed by atoms with Gasteiger partial charge in [0.05, 0.1) is 18.7 Å². The number of rotatable bonds is 2. The highest BCUT2D eigenvalue weighted by Gasteiger charge is 2.05. The summed E-state index contributed by atoms with van der Waals surface area (Å²) in [5.74, 6) is 0.542. The predicted octanol–water partition coefficient (Wildman–Crippen LogP) is 1.90. The molecule has 0 aliphatic carbocycles. The van der Waals surface area contributed by atoms with Gasteiger partial charge in [0.1, 0.15) is 5.75 Å². The summed E-state index contributed by atoms with van der Waals surface area (Å²) in [4.78, 5) is 3.59. The molecule has 2 aromatic rings. The van der Waals surface area contributed by atoms with Crippen LogP contribution in [-0.2, 0) is 0 Å². The summed E-state index contributed by atoms with van der Waals surface area (Å²) in [7, 11) is 1.56. The van der Waals surface area contributed by atoms with Crippen molar-refractivity contribution in [1.29, 1.82) is 0 Å². The van der Waals surface area contributed by atoms with Gasteiger partial charge >= 0.3 is 0 Å². The van der Waals surface area contributed by atoms with Crippen molar-refractivity contribution < 1.29 is 14.2 Å². The average molecular weight is 194 g/mol. The molecule has 0 spiro atoms. The molecule has 0 unspecified atom stereocenters. The Morgan fingerprint density at radius 3 is 2.93 bits per heavy atom. The number of nitrogens with zero attached hydrogens (tertiary/aromatic N) is 2. The second-order valence-electron chi connectivity index (χ2n) is 2.68. The van der Waals surface area contributed by atoms with Crippen molar-refractivity contribution in [2.75, 3.05) is 7.11 Å². The van der Waals surface area contributed by atoms with Crippen molar-refractivity contribution >= 4 is 10.8 Å². The highest BCUT2D eigenvalue weighted by Crippen LogP contribution is 2.25. The number of fused-ring (bicyclic) bond motifs is 1. The van der Waals surface area contributed by atoms with Crippen LogP contribution in [0.5, 0.6) is 11.6 Å². The number of aromatic nitrogens is 2. The van der Waals surface area contributed by atoms with E-state index in [1.165, 1.54) is 6.20 Å². The third-order valence-corrected chi connectivity index (χ3v) is 1.91. The lowest BCUT2D eigenvalue weighted by atomic mass is 10.2. The van der Waals surface area contributed by atoms with Gasteiger partial charge in [-0.15, -0.1) is 5.10 Å². The van der Waals surface area contributed by atoms with Crippen molar-refractivity contribution in [1.82, 2.24) is 10.2 Å². The molecule has 0 aliphatic heterocycles. The van der Waals surface area contributed by atoms with Gasteiger partial charge in [-0.2, -0.15) is 5.10 Å². The highest BCUT2D eigenvalue weighted by molar-refractivity contribution is 5.86. The van der Waals surface area contributed by atoms with E-state index in [1.54, 1.807) is 25.3 Å². The number of benzene rings is 1. The summed E-state index contributed by atoms with van der Waals surface area (Å²) in [6.45, 7) is 0. The van der Waals surface area contributed by atoms with Gasteiger partial charge in [-0.3, -0.25) is 4.94 Å². The van der Waals surface area contributed by atoms with Crippen LogP contribution in [0, 0.1) is 0 Å². The molecule has 4 nitrogen and oxygen atoms in total. The lowest BCUT2D eigenvalue weighted by molar-refractivity contribution is -0.0108. The van der Waals surface area contributed by atoms with E-state index in [0.717, 1.165) is 0 Å². The molecule has 1 heterocycles. The van der Waals surface area contributed by atoms with E-state index < -0.39 is 0 Å². The van der Waals surface area contributed by atoms with Crippen LogP contribution in [-0.4, -0.2) is 17.3 Å². The molecule has 2 rings (SSSR count). The Labute approximate surface area is 79.2 Å². The zero-order chi connectivity index (χ0) is 9.97. The van der Waals surface area contributed by atoms with Gasteiger partial charge in [-0.1, -0.05) is 0 Å². The Hall–Kier alpha value is -1.91. The summed E-state index contributed by atoms with van der Waals surface area (Å²) in [6, 6.07) is 5.09. The first-order chi connectivity index (χ1) is 6.85. The van der Waals surface area contributed by atoms with E-state index in [0.29, 0.717) is 16.5 Å². The van der Waals surface area contributed by atoms with Gasteiger partial charge in [0.15, 0.2) is 0 Å². The fourth-order valence-corrected chi connectivity index (χ4v) is 1.22. The Balaban J connectivity index is 2.67. The van der Waals surface area contributed by atoms with Crippen LogP contribution < -0.4 is 9.68 Å². The molecule has 0 atom stereocenters. The molecule has 72 valence electrons. The molecule has 0 fully saturated rings. The van der Waals surface area contributed by atoms with Crippen LogP contribution in [0.2, 0.25) is 0 Å². The molecule has 0 saturated heterocycles. The van der Waals surface area contributed by atoms with E-state index in [-0.39, 0.29) is 5.88 Å². The Morgan fingerprint density at radius 2 is 2.21 bits per heavy atom. The molecule has 0 radical (unpaired) electrons. The average Bonchev–Trinajstić information content (AvgIpc) is 2.27. The van der Waals surface area contributed by atoms with Gasteiger partial charge in [0.2, 0.25) is 0 Å². The molecule has 1 aromatic heterocycles. The molecule has 0 aliphatic rings. The van der Waals surface area contributed by atoms with Crippen LogP contribution in [0.1, 0.15) is 0 Å². The first-order valence-corrected chi connectivity index (χ1v) is 3.93. The van der Waals surface area contributed by atoms with Crippen LogP contribution in [0.3, 0.4) is 0 Å². The summed E-state index contributed by atoms with van der Waals surface area (Å²) in [6.07, 6.45) is 1.51. The normalized spacial score (nSPS) is 10.1. The molecule has 0 bridgehead atoms. The zero-order valence-electron chi connectivity index (χ0n) is 7.40. The van der Waals surface area contributed by atoms with Gasteiger partial charge in [0, 0.05) is 9.91 Å². The molecular weight excluding hydrogens is 187 g/mol. The van der Waals surface area contributed by atoms with E-state index in [2.05, 4.69) is 15.1 Å². The lowest BCUT2D eigenvalue weighted by Gasteiger charge is -2.02. The van der Waals surface area contributed by atoms with Crippen LogP contribution in [0.25, 0.3) is 10.8 Å². The maximum Gasteiger partial charge on any atom is 0.289 e. The quantitative estimate of drug-likeness (QED) is 0.732. The monoisotopic (exact) mass is 194 g/mol. The molecule has 5 heteroatoms. The fourth-order valence-electron chi connectivity index (χ4n) is 1.22. The predicted molar refractivity (Wildman–Crippen MR) is 47.8 cm³/mol. The standard InChI is InChI=1S/C9H7FN2O2/c1-13-7-2-3-8-6(4-7)5-11-12-9(8)14-10/h2-5H,1H3. The number of ether oxygens (including phenoxy) is 1. The Morgan fingerprint density at radius 1 is 1.36 bits per heavy atom. The second kappa shape index (κ2) is 3.45. The SMILES string of the molecule is COc1ccc2c(OF)nncc2c1. The smallest absolute Gasteiger partial charge is 0.289 e. The van der Waals surface area contributed by atoms with Gasteiger partial charge in [-0.05, 0) is 18.2 Å². The lowest BCUT2D eigenvalue weighted by Crippen LogP contribution is -1.89. The van der Waals surface area contributed by atoms with Crippen molar-refractivity contribution in [2.24, 2.45) is 0 Å². The van der Waals surface area contributed by atoms with Crippen LogP contribution in [0.4, 0.5) is 4.53 Å². The van der Waals surface area contributed by atoms with Crippen LogP contribution in [0.15, 0.2) is 24.4 Å². The fraction of sp³-hybridized carbons (Fsp3) is 0.111. The molecular formula is C9H7FN2O2. The van der Waals surface area contributed by atoms with E-state index >= 15 is 0 Å². The van der Waals surface area contributed by atoms with Crippen molar-refractivity contribution in [2.45, 2.75) is 0 Å². The first kappa shape index (κ1) is 8.68. The summed E-state index contributed by atoms with van der Waals surface area (Å²) in [5.41, 5.74) is 0. The maximum absolute atomic E-state index is 12.0. The third-order valence-electron chi connectivity index (χ3n) is 1.91. The molecule has 0 N–H and O–H groups in total. The molecule has 0 amide bonds. The molecule has 1 aromatic carbocycles. The van der Waals surface area contributed by atoms with Gasteiger partial charge in [0.25, 0.3) is 5.88 Å². The van der Waals surface area contributed by atoms with Crippen molar-refractivity contribution in [3.05, 3.63) is 24.4 Å². The van der Waals surface area contributed by atoms with E-state index in [9.17, 15) is 4.53 Å². The number of methoxy groups -OCH3 is 1. The van der Waals surface area contributed by atoms with Crippen LogP contribution >= 0.6 is 0 Å². The van der Waals surface area contributed by atoms with E-state index in [1.807, 2.05) is 0 Å². The Kier molecular flexibility index (Phi) is 2.14. The van der Waals surface area contributed by atoms with Crippen molar-refractivity contribution in [3.63, 3.8) is 0 Å². The minimum Gasteiger partial charge on any atom is -0.497 e. The van der Waals surface area contributed by atoms with Gasteiger partial charge in [-0.25, -0.2) is 0 Å². The third kappa shape index (κ3) is 1.32. The Bertz CT molecular complexity index is 462. The topological polar surface area (TPSA) is 44.2 Å². The number of hydrogen-bond donors (Lipinski definition) is 0. The summed E-state index contributed by atoms with van der Waals surface area (Å²) < 4.78 is 17.0. The number of hydrogen-bond acceptors (Lipinski definition) is 4.